The monoisotopic (exact) mass is 1030 g/mol. The summed E-state index contributed by atoms with van der Waals surface area (Å²) in [6.45, 7) is 3.33. The van der Waals surface area contributed by atoms with Crippen molar-refractivity contribution >= 4 is 16.3 Å². The zero-order chi connectivity index (χ0) is 52.1. The number of allylic oxidation sites excluding steroid dienone is 2. The quantitative estimate of drug-likeness (QED) is 0.0172. The predicted octanol–water partition coefficient (Wildman–Crippen LogP) is 12.8. The maximum absolute atomic E-state index is 13.2. The Kier molecular flexibility index (Phi) is 45.1. The average molecular weight is 1030 g/mol. The molecule has 1 saturated heterocycles. The Morgan fingerprint density at radius 3 is 1.27 bits per heavy atom. The van der Waals surface area contributed by atoms with E-state index in [0.29, 0.717) is 19.3 Å². The van der Waals surface area contributed by atoms with E-state index < -0.39 is 78.5 Å². The van der Waals surface area contributed by atoms with Crippen molar-refractivity contribution in [2.45, 2.75) is 332 Å². The highest BCUT2D eigenvalue weighted by atomic mass is 32.3. The molecular formula is C57H111NO12S. The van der Waals surface area contributed by atoms with Crippen LogP contribution in [0.1, 0.15) is 284 Å². The Labute approximate surface area is 434 Å². The number of amides is 1. The first kappa shape index (κ1) is 67.8. The highest BCUT2D eigenvalue weighted by molar-refractivity contribution is 7.80. The van der Waals surface area contributed by atoms with E-state index in [1.165, 1.54) is 186 Å². The van der Waals surface area contributed by atoms with Crippen molar-refractivity contribution in [3.8, 4) is 0 Å². The van der Waals surface area contributed by atoms with Gasteiger partial charge in [-0.25, -0.2) is 4.18 Å². The number of unbranched alkanes of at least 4 members (excludes halogenated alkanes) is 37. The zero-order valence-electron chi connectivity index (χ0n) is 45.4. The van der Waals surface area contributed by atoms with Crippen LogP contribution in [0.2, 0.25) is 0 Å². The van der Waals surface area contributed by atoms with Crippen molar-refractivity contribution in [1.29, 1.82) is 0 Å². The Morgan fingerprint density at radius 1 is 0.549 bits per heavy atom. The Balaban J connectivity index is 2.40. The number of carbonyl (C=O) groups is 1. The van der Waals surface area contributed by atoms with Gasteiger partial charge in [-0.05, 0) is 38.5 Å². The third-order valence-corrected chi connectivity index (χ3v) is 14.9. The maximum atomic E-state index is 13.2. The number of rotatable bonds is 52. The van der Waals surface area contributed by atoms with E-state index in [4.69, 9.17) is 9.47 Å². The summed E-state index contributed by atoms with van der Waals surface area (Å²) in [5.41, 5.74) is 0. The van der Waals surface area contributed by atoms with Crippen LogP contribution in [-0.4, -0.2) is 107 Å². The molecule has 14 heteroatoms. The van der Waals surface area contributed by atoms with E-state index in [1.807, 2.05) is 0 Å². The van der Waals surface area contributed by atoms with Gasteiger partial charge in [0.05, 0.1) is 25.4 Å². The lowest BCUT2D eigenvalue weighted by atomic mass is 9.99. The minimum atomic E-state index is -5.11. The van der Waals surface area contributed by atoms with E-state index in [1.54, 1.807) is 0 Å². The number of ether oxygens (including phenoxy) is 2. The first-order valence-corrected chi connectivity index (χ1v) is 31.0. The molecule has 422 valence electrons. The van der Waals surface area contributed by atoms with E-state index in [9.17, 15) is 43.3 Å². The Hall–Kier alpha value is -1.20. The molecule has 1 amide bonds. The van der Waals surface area contributed by atoms with Gasteiger partial charge < -0.3 is 40.3 Å². The van der Waals surface area contributed by atoms with Crippen molar-refractivity contribution in [3.63, 3.8) is 0 Å². The van der Waals surface area contributed by atoms with Crippen molar-refractivity contribution in [2.24, 2.45) is 0 Å². The van der Waals surface area contributed by atoms with Gasteiger partial charge in [-0.3, -0.25) is 9.35 Å². The number of hydrogen-bond acceptors (Lipinski definition) is 11. The predicted molar refractivity (Wildman–Crippen MR) is 288 cm³/mol. The highest BCUT2D eigenvalue weighted by Gasteiger charge is 2.48. The molecule has 8 unspecified atom stereocenters. The molecule has 0 aliphatic carbocycles. The molecule has 0 radical (unpaired) electrons. The van der Waals surface area contributed by atoms with Gasteiger partial charge in [0.25, 0.3) is 0 Å². The third kappa shape index (κ3) is 38.9. The van der Waals surface area contributed by atoms with Crippen LogP contribution in [-0.2, 0) is 28.9 Å². The number of aliphatic hydroxyl groups is 5. The lowest BCUT2D eigenvalue weighted by Gasteiger charge is -2.41. The molecule has 1 aliphatic heterocycles. The molecule has 7 N–H and O–H groups in total. The van der Waals surface area contributed by atoms with Crippen LogP contribution < -0.4 is 5.32 Å². The van der Waals surface area contributed by atoms with Crippen LogP contribution in [0.4, 0.5) is 0 Å². The minimum absolute atomic E-state index is 0.256. The number of carbonyl (C=O) groups excluding carboxylic acids is 1. The fourth-order valence-electron chi connectivity index (χ4n) is 9.76. The van der Waals surface area contributed by atoms with Crippen molar-refractivity contribution in [2.75, 3.05) is 13.2 Å². The molecule has 1 heterocycles. The van der Waals surface area contributed by atoms with Gasteiger partial charge >= 0.3 is 10.4 Å². The molecule has 71 heavy (non-hydrogen) atoms. The summed E-state index contributed by atoms with van der Waals surface area (Å²) in [6, 6.07) is -1.04. The molecule has 0 aromatic carbocycles. The van der Waals surface area contributed by atoms with Crippen molar-refractivity contribution in [3.05, 3.63) is 12.2 Å². The number of nitrogens with one attached hydrogen (secondary N) is 1. The second kappa shape index (κ2) is 47.3. The van der Waals surface area contributed by atoms with E-state index in [2.05, 4.69) is 35.5 Å². The topological polar surface area (TPSA) is 212 Å². The van der Waals surface area contributed by atoms with Crippen LogP contribution in [0.15, 0.2) is 12.2 Å². The van der Waals surface area contributed by atoms with Crippen LogP contribution in [0.25, 0.3) is 0 Å². The first-order valence-electron chi connectivity index (χ1n) is 29.7. The largest absolute Gasteiger partial charge is 0.397 e. The molecule has 0 spiro atoms. The SMILES string of the molecule is CCCCCCCCCCCCC/C=C\CCCCCCCCC(O)C(=O)NC(COC1OC(CO)C(O)C(OS(=O)(=O)O)C1O)C(O)CCCCCCCCCCCCCCCCCCCCCCC. The van der Waals surface area contributed by atoms with Crippen LogP contribution >= 0.6 is 0 Å². The summed E-state index contributed by atoms with van der Waals surface area (Å²) in [5, 5.41) is 55.8. The molecule has 0 bridgehead atoms. The van der Waals surface area contributed by atoms with Gasteiger partial charge in [-0.2, -0.15) is 8.42 Å². The van der Waals surface area contributed by atoms with E-state index >= 15 is 0 Å². The summed E-state index contributed by atoms with van der Waals surface area (Å²) >= 11 is 0. The van der Waals surface area contributed by atoms with E-state index in [0.717, 1.165) is 57.8 Å². The highest BCUT2D eigenvalue weighted by Crippen LogP contribution is 2.26. The van der Waals surface area contributed by atoms with Crippen LogP contribution in [0, 0.1) is 0 Å². The molecule has 0 saturated carbocycles. The number of hydrogen-bond donors (Lipinski definition) is 7. The van der Waals surface area contributed by atoms with Crippen molar-refractivity contribution in [1.82, 2.24) is 5.32 Å². The average Bonchev–Trinajstić information content (AvgIpc) is 3.35. The third-order valence-electron chi connectivity index (χ3n) is 14.4. The van der Waals surface area contributed by atoms with Gasteiger partial charge in [0, 0.05) is 0 Å². The second-order valence-corrected chi connectivity index (χ2v) is 22.1. The molecule has 0 aromatic heterocycles. The molecule has 1 rings (SSSR count). The zero-order valence-corrected chi connectivity index (χ0v) is 46.2. The van der Waals surface area contributed by atoms with Gasteiger partial charge in [0.1, 0.15) is 30.5 Å². The maximum Gasteiger partial charge on any atom is 0.397 e. The molecule has 8 atom stereocenters. The second-order valence-electron chi connectivity index (χ2n) is 21.1. The molecule has 0 aromatic rings. The first-order chi connectivity index (χ1) is 34.4. The van der Waals surface area contributed by atoms with Crippen molar-refractivity contribution < 1.29 is 57.0 Å². The Morgan fingerprint density at radius 2 is 0.901 bits per heavy atom. The van der Waals surface area contributed by atoms with E-state index in [-0.39, 0.29) is 6.42 Å². The smallest absolute Gasteiger partial charge is 0.394 e. The Bertz CT molecular complexity index is 1320. The summed E-state index contributed by atoms with van der Waals surface area (Å²) < 4.78 is 47.9. The van der Waals surface area contributed by atoms with Crippen LogP contribution in [0.3, 0.4) is 0 Å². The van der Waals surface area contributed by atoms with Gasteiger partial charge in [-0.1, -0.05) is 257 Å². The lowest BCUT2D eigenvalue weighted by Crippen LogP contribution is -2.61. The minimum Gasteiger partial charge on any atom is -0.394 e. The molecule has 1 aliphatic rings. The lowest BCUT2D eigenvalue weighted by molar-refractivity contribution is -0.298. The molecule has 13 nitrogen and oxygen atoms in total. The van der Waals surface area contributed by atoms with Crippen LogP contribution in [0.5, 0.6) is 0 Å². The van der Waals surface area contributed by atoms with Gasteiger partial charge in [-0.15, -0.1) is 0 Å². The summed E-state index contributed by atoms with van der Waals surface area (Å²) in [5.74, 6) is -0.669. The number of aliphatic hydroxyl groups excluding tert-OH is 5. The normalized spacial score (nSPS) is 19.9. The fourth-order valence-corrected chi connectivity index (χ4v) is 10.3. The van der Waals surface area contributed by atoms with Gasteiger partial charge in [0.2, 0.25) is 5.91 Å². The fraction of sp³-hybridized carbons (Fsp3) is 0.947. The standard InChI is InChI=1S/C57H111NO12S/c1-3-5-7-9-11-13-15-17-19-21-23-25-27-29-31-33-35-37-39-41-43-45-50(60)49(48-68-57-54(63)55(70-71(65,66)67)53(62)52(47-59)69-57)58-56(64)51(61)46-44-42-40-38-36-34-32-30-28-26-24-22-20-18-16-14-12-10-8-6-4-2/h28,30,49-55,57,59-63H,3-27,29,31-48H2,1-2H3,(H,58,64)(H,65,66,67)/b30-28-. The molecular weight excluding hydrogens is 923 g/mol. The molecule has 1 fully saturated rings. The van der Waals surface area contributed by atoms with Gasteiger partial charge in [0.15, 0.2) is 6.29 Å². The summed E-state index contributed by atoms with van der Waals surface area (Å²) in [7, 11) is -5.11. The summed E-state index contributed by atoms with van der Waals surface area (Å²) in [6.07, 6.45) is 43.9. The summed E-state index contributed by atoms with van der Waals surface area (Å²) in [4.78, 5) is 13.2.